The highest BCUT2D eigenvalue weighted by atomic mass is 79.9. The van der Waals surface area contributed by atoms with Crippen LogP contribution in [0.3, 0.4) is 0 Å². The maximum absolute atomic E-state index is 5.88. The normalized spacial score (nSPS) is 27.7. The van der Waals surface area contributed by atoms with Gasteiger partial charge in [-0.2, -0.15) is 0 Å². The van der Waals surface area contributed by atoms with Gasteiger partial charge in [0.1, 0.15) is 0 Å². The molecule has 2 unspecified atom stereocenters. The Balaban J connectivity index is 2.33. The number of allylic oxidation sites excluding steroid dienone is 3. The largest absolute Gasteiger partial charge is 0.379 e. The Morgan fingerprint density at radius 1 is 1.39 bits per heavy atom. The Kier molecular flexibility index (Phi) is 6.61. The molecule has 104 valence electrons. The van der Waals surface area contributed by atoms with Crippen LogP contribution in [0.25, 0.3) is 0 Å². The first-order valence-electron chi connectivity index (χ1n) is 6.88. The highest BCUT2D eigenvalue weighted by Gasteiger charge is 2.29. The Hall–Kier alpha value is -0.120. The van der Waals surface area contributed by atoms with Crippen LogP contribution in [0.5, 0.6) is 0 Å². The van der Waals surface area contributed by atoms with Gasteiger partial charge in [-0.1, -0.05) is 61.9 Å². The molecule has 0 aromatic rings. The standard InChI is InChI=1S/C15H26BrNO/c1-5-17(6-2)9-10-18-12-15(4)8-7-14(16)11-13(15)3/h7-8,11,13H,5-6,9-10,12H2,1-4H3. The van der Waals surface area contributed by atoms with E-state index in [0.717, 1.165) is 32.8 Å². The first-order chi connectivity index (χ1) is 8.51. The van der Waals surface area contributed by atoms with Crippen LogP contribution in [-0.2, 0) is 4.74 Å². The molecule has 0 radical (unpaired) electrons. The van der Waals surface area contributed by atoms with Crippen LogP contribution in [0.2, 0.25) is 0 Å². The van der Waals surface area contributed by atoms with Crippen molar-refractivity contribution in [1.29, 1.82) is 0 Å². The van der Waals surface area contributed by atoms with E-state index in [9.17, 15) is 0 Å². The lowest BCUT2D eigenvalue weighted by atomic mass is 9.76. The molecule has 2 nitrogen and oxygen atoms in total. The maximum atomic E-state index is 5.88. The summed E-state index contributed by atoms with van der Waals surface area (Å²) >= 11 is 3.53. The van der Waals surface area contributed by atoms with Crippen LogP contribution in [0.1, 0.15) is 27.7 Å². The zero-order valence-electron chi connectivity index (χ0n) is 12.1. The number of nitrogens with zero attached hydrogens (tertiary/aromatic N) is 1. The van der Waals surface area contributed by atoms with Crippen molar-refractivity contribution in [2.24, 2.45) is 11.3 Å². The molecule has 2 atom stereocenters. The number of rotatable bonds is 7. The van der Waals surface area contributed by atoms with Gasteiger partial charge in [0.05, 0.1) is 13.2 Å². The molecule has 0 heterocycles. The molecule has 0 bridgehead atoms. The van der Waals surface area contributed by atoms with Crippen molar-refractivity contribution >= 4 is 15.9 Å². The van der Waals surface area contributed by atoms with E-state index in [1.807, 2.05) is 0 Å². The average molecular weight is 316 g/mol. The second kappa shape index (κ2) is 7.46. The van der Waals surface area contributed by atoms with E-state index in [1.54, 1.807) is 0 Å². The average Bonchev–Trinajstić information content (AvgIpc) is 2.35. The van der Waals surface area contributed by atoms with Crippen LogP contribution < -0.4 is 0 Å². The van der Waals surface area contributed by atoms with E-state index in [2.05, 4.69) is 66.8 Å². The molecule has 1 aliphatic rings. The van der Waals surface area contributed by atoms with E-state index < -0.39 is 0 Å². The van der Waals surface area contributed by atoms with Gasteiger partial charge in [-0.3, -0.25) is 0 Å². The molecule has 1 aliphatic carbocycles. The summed E-state index contributed by atoms with van der Waals surface area (Å²) in [6, 6.07) is 0. The molecular weight excluding hydrogens is 290 g/mol. The molecule has 0 aromatic carbocycles. The third-order valence-corrected chi connectivity index (χ3v) is 4.46. The predicted octanol–water partition coefficient (Wildman–Crippen LogP) is 3.84. The fourth-order valence-corrected chi connectivity index (χ4v) is 2.64. The third-order valence-electron chi connectivity index (χ3n) is 3.93. The minimum absolute atomic E-state index is 0.126. The first-order valence-corrected chi connectivity index (χ1v) is 7.67. The molecule has 1 rings (SSSR count). The lowest BCUT2D eigenvalue weighted by molar-refractivity contribution is 0.0462. The lowest BCUT2D eigenvalue weighted by Gasteiger charge is -2.33. The summed E-state index contributed by atoms with van der Waals surface area (Å²) in [5, 5.41) is 0. The fourth-order valence-electron chi connectivity index (χ4n) is 2.11. The molecule has 18 heavy (non-hydrogen) atoms. The van der Waals surface area contributed by atoms with Crippen molar-refractivity contribution in [2.75, 3.05) is 32.8 Å². The molecule has 0 saturated carbocycles. The lowest BCUT2D eigenvalue weighted by Crippen LogP contribution is -2.32. The van der Waals surface area contributed by atoms with Crippen molar-refractivity contribution in [1.82, 2.24) is 4.90 Å². The highest BCUT2D eigenvalue weighted by molar-refractivity contribution is 9.11. The van der Waals surface area contributed by atoms with Gasteiger partial charge >= 0.3 is 0 Å². The Morgan fingerprint density at radius 2 is 2.06 bits per heavy atom. The Morgan fingerprint density at radius 3 is 2.61 bits per heavy atom. The van der Waals surface area contributed by atoms with Gasteiger partial charge in [-0.25, -0.2) is 0 Å². The molecule has 0 aromatic heterocycles. The monoisotopic (exact) mass is 315 g/mol. The van der Waals surface area contributed by atoms with Crippen molar-refractivity contribution in [3.63, 3.8) is 0 Å². The van der Waals surface area contributed by atoms with Gasteiger partial charge in [0, 0.05) is 16.4 Å². The summed E-state index contributed by atoms with van der Waals surface area (Å²) < 4.78 is 7.05. The Bertz CT molecular complexity index is 310. The summed E-state index contributed by atoms with van der Waals surface area (Å²) in [4.78, 5) is 2.39. The maximum Gasteiger partial charge on any atom is 0.0593 e. The molecule has 0 amide bonds. The quantitative estimate of drug-likeness (QED) is 0.662. The second-order valence-electron chi connectivity index (χ2n) is 5.26. The third kappa shape index (κ3) is 4.52. The summed E-state index contributed by atoms with van der Waals surface area (Å²) in [5.41, 5.74) is 0.126. The van der Waals surface area contributed by atoms with Crippen molar-refractivity contribution < 1.29 is 4.74 Å². The SMILES string of the molecule is CCN(CC)CCOCC1(C)C=CC(Br)=CC1C. The molecular formula is C15H26BrNO. The molecule has 0 spiro atoms. The molecule has 0 fully saturated rings. The number of hydrogen-bond donors (Lipinski definition) is 0. The topological polar surface area (TPSA) is 12.5 Å². The van der Waals surface area contributed by atoms with E-state index in [4.69, 9.17) is 4.74 Å². The van der Waals surface area contributed by atoms with Gasteiger partial charge in [-0.05, 0) is 19.0 Å². The number of hydrogen-bond acceptors (Lipinski definition) is 2. The van der Waals surface area contributed by atoms with E-state index in [1.165, 1.54) is 4.48 Å². The summed E-state index contributed by atoms with van der Waals surface area (Å²) in [5.74, 6) is 0.505. The van der Waals surface area contributed by atoms with Crippen LogP contribution in [0, 0.1) is 11.3 Å². The van der Waals surface area contributed by atoms with Crippen molar-refractivity contribution in [2.45, 2.75) is 27.7 Å². The van der Waals surface area contributed by atoms with Crippen LogP contribution >= 0.6 is 15.9 Å². The van der Waals surface area contributed by atoms with E-state index in [-0.39, 0.29) is 5.41 Å². The minimum Gasteiger partial charge on any atom is -0.379 e. The fraction of sp³-hybridized carbons (Fsp3) is 0.733. The van der Waals surface area contributed by atoms with E-state index in [0.29, 0.717) is 5.92 Å². The van der Waals surface area contributed by atoms with E-state index >= 15 is 0 Å². The van der Waals surface area contributed by atoms with Crippen molar-refractivity contribution in [3.05, 3.63) is 22.7 Å². The number of ether oxygens (including phenoxy) is 1. The molecule has 0 saturated heterocycles. The summed E-state index contributed by atoms with van der Waals surface area (Å²) in [6.45, 7) is 13.7. The van der Waals surface area contributed by atoms with Gasteiger partial charge < -0.3 is 9.64 Å². The van der Waals surface area contributed by atoms with Gasteiger partial charge in [0.25, 0.3) is 0 Å². The smallest absolute Gasteiger partial charge is 0.0593 e. The van der Waals surface area contributed by atoms with Crippen LogP contribution in [0.15, 0.2) is 22.7 Å². The zero-order chi connectivity index (χ0) is 13.6. The highest BCUT2D eigenvalue weighted by Crippen LogP contribution is 2.36. The first kappa shape index (κ1) is 15.9. The van der Waals surface area contributed by atoms with Gasteiger partial charge in [0.15, 0.2) is 0 Å². The number of halogens is 1. The molecule has 0 N–H and O–H groups in total. The predicted molar refractivity (Wildman–Crippen MR) is 82.0 cm³/mol. The van der Waals surface area contributed by atoms with Gasteiger partial charge in [0.2, 0.25) is 0 Å². The summed E-state index contributed by atoms with van der Waals surface area (Å²) in [6.07, 6.45) is 6.65. The molecule has 0 aliphatic heterocycles. The summed E-state index contributed by atoms with van der Waals surface area (Å²) in [7, 11) is 0. The van der Waals surface area contributed by atoms with Crippen LogP contribution in [0.4, 0.5) is 0 Å². The minimum atomic E-state index is 0.126. The van der Waals surface area contributed by atoms with Crippen LogP contribution in [-0.4, -0.2) is 37.7 Å². The Labute approximate surface area is 120 Å². The van der Waals surface area contributed by atoms with Gasteiger partial charge in [-0.15, -0.1) is 0 Å². The number of likely N-dealkylation sites (N-methyl/N-ethyl adjacent to an activating group) is 1. The zero-order valence-corrected chi connectivity index (χ0v) is 13.7. The van der Waals surface area contributed by atoms with Crippen molar-refractivity contribution in [3.8, 4) is 0 Å². The second-order valence-corrected chi connectivity index (χ2v) is 6.17. The molecule has 3 heteroatoms.